The molecule has 0 saturated carbocycles. The average molecular weight is 731 g/mol. The van der Waals surface area contributed by atoms with Crippen LogP contribution in [0.5, 0.6) is 0 Å². The van der Waals surface area contributed by atoms with Gasteiger partial charge in [-0.2, -0.15) is 26.3 Å². The predicted molar refractivity (Wildman–Crippen MR) is 178 cm³/mol. The van der Waals surface area contributed by atoms with Gasteiger partial charge in [0.25, 0.3) is 0 Å². The van der Waals surface area contributed by atoms with Gasteiger partial charge in [0.05, 0.1) is 17.8 Å². The van der Waals surface area contributed by atoms with Crippen molar-refractivity contribution >= 4 is 34.4 Å². The van der Waals surface area contributed by atoms with Crippen molar-refractivity contribution in [2.24, 2.45) is 7.05 Å². The normalized spacial score (nSPS) is 15.5. The predicted octanol–water partition coefficient (Wildman–Crippen LogP) is 7.12. The largest absolute Gasteiger partial charge is 0.490 e. The number of piperidine rings is 1. The number of halogens is 6. The molecule has 4 rings (SSSR count). The number of likely N-dealkylation sites (tertiary alicyclic amines) is 1. The topological polar surface area (TPSA) is 142 Å². The third kappa shape index (κ3) is 14.0. The molecular formula is C35H44F6N4O6. The molecule has 16 heteroatoms. The van der Waals surface area contributed by atoms with Crippen LogP contribution < -0.4 is 5.32 Å². The van der Waals surface area contributed by atoms with Crippen molar-refractivity contribution in [1.82, 2.24) is 19.8 Å². The van der Waals surface area contributed by atoms with E-state index in [1.165, 1.54) is 23.6 Å². The number of carbonyl (C=O) groups excluding carboxylic acids is 2. The van der Waals surface area contributed by atoms with Crippen molar-refractivity contribution in [3.8, 4) is 11.3 Å². The van der Waals surface area contributed by atoms with E-state index in [1.807, 2.05) is 20.2 Å². The Labute approximate surface area is 291 Å². The number of alkyl halides is 6. The van der Waals surface area contributed by atoms with E-state index in [2.05, 4.69) is 64.3 Å². The van der Waals surface area contributed by atoms with E-state index in [1.54, 1.807) is 0 Å². The number of fused-ring (bicyclic) bond motifs is 1. The minimum absolute atomic E-state index is 0.0577. The van der Waals surface area contributed by atoms with Crippen molar-refractivity contribution in [1.29, 1.82) is 0 Å². The van der Waals surface area contributed by atoms with Crippen LogP contribution in [0.1, 0.15) is 76.5 Å². The third-order valence-electron chi connectivity index (χ3n) is 8.46. The molecule has 282 valence electrons. The highest BCUT2D eigenvalue weighted by Gasteiger charge is 2.39. The highest BCUT2D eigenvalue weighted by atomic mass is 19.4. The maximum atomic E-state index is 13.5. The fourth-order valence-electron chi connectivity index (χ4n) is 5.51. The number of carbonyl (C=O) groups is 4. The number of nitrogens with one attached hydrogen (secondary N) is 1. The summed E-state index contributed by atoms with van der Waals surface area (Å²) >= 11 is 0. The van der Waals surface area contributed by atoms with E-state index in [9.17, 15) is 35.9 Å². The van der Waals surface area contributed by atoms with Crippen LogP contribution in [0, 0.1) is 0 Å². The van der Waals surface area contributed by atoms with E-state index < -0.39 is 24.3 Å². The number of aromatic nitrogens is 2. The summed E-state index contributed by atoms with van der Waals surface area (Å²) < 4.78 is 65.6. The van der Waals surface area contributed by atoms with Gasteiger partial charge < -0.3 is 25.0 Å². The van der Waals surface area contributed by atoms with Crippen molar-refractivity contribution in [3.05, 3.63) is 54.5 Å². The number of ketones is 1. The van der Waals surface area contributed by atoms with Crippen LogP contribution in [0.25, 0.3) is 22.0 Å². The van der Waals surface area contributed by atoms with Crippen LogP contribution in [-0.2, 0) is 26.2 Å². The van der Waals surface area contributed by atoms with Crippen molar-refractivity contribution in [2.45, 2.75) is 89.0 Å². The van der Waals surface area contributed by atoms with Gasteiger partial charge >= 0.3 is 24.3 Å². The SMILES string of the molecule is CCC(=O)CCCCCC(C(=O)NCC1CCCCN1C)c1ncc(-c2ccc3ccccc3c2)n1C.O=C(O)C(F)(F)F.O=C(O)C(F)(F)F. The summed E-state index contributed by atoms with van der Waals surface area (Å²) in [7, 11) is 4.17. The molecular weight excluding hydrogens is 686 g/mol. The Kier molecular flexibility index (Phi) is 16.6. The lowest BCUT2D eigenvalue weighted by atomic mass is 9.97. The minimum atomic E-state index is -5.08. The van der Waals surface area contributed by atoms with Crippen LogP contribution in [0.15, 0.2) is 48.7 Å². The number of amides is 1. The Hall–Kier alpha value is -4.47. The van der Waals surface area contributed by atoms with Crippen LogP contribution in [0.4, 0.5) is 26.3 Å². The maximum Gasteiger partial charge on any atom is 0.490 e. The standard InChI is InChI=1S/C31H42N4O2.2C2HF3O2/c1-4-27(36)15-6-5-7-16-28(31(37)33-21-26-14-10-11-19-34(26)2)30-32-22-29(35(30)3)25-18-17-23-12-8-9-13-24(23)20-25;2*3-2(4,5)1(6)7/h8-9,12-13,17-18,20,22,26,28H,4-7,10-11,14-16,19,21H2,1-3H3,(H,33,37);2*(H,6,7). The van der Waals surface area contributed by atoms with Gasteiger partial charge in [0.2, 0.25) is 5.91 Å². The number of benzene rings is 2. The van der Waals surface area contributed by atoms with Crippen molar-refractivity contribution < 1.29 is 55.7 Å². The van der Waals surface area contributed by atoms with Gasteiger partial charge in [-0.1, -0.05) is 62.6 Å². The van der Waals surface area contributed by atoms with Crippen LogP contribution in [-0.4, -0.2) is 86.8 Å². The fourth-order valence-corrected chi connectivity index (χ4v) is 5.51. The highest BCUT2D eigenvalue weighted by Crippen LogP contribution is 2.29. The number of imidazole rings is 1. The summed E-state index contributed by atoms with van der Waals surface area (Å²) in [6.07, 6.45) is 0.0103. The molecule has 1 saturated heterocycles. The second kappa shape index (κ2) is 19.8. The zero-order valence-corrected chi connectivity index (χ0v) is 28.7. The Bertz CT molecular complexity index is 1580. The number of carboxylic acids is 2. The van der Waals surface area contributed by atoms with Gasteiger partial charge in [0.1, 0.15) is 11.6 Å². The molecule has 0 radical (unpaired) electrons. The lowest BCUT2D eigenvalue weighted by Gasteiger charge is -2.32. The first-order valence-electron chi connectivity index (χ1n) is 16.5. The first-order chi connectivity index (χ1) is 23.9. The van der Waals surface area contributed by atoms with Gasteiger partial charge in [-0.3, -0.25) is 9.59 Å². The van der Waals surface area contributed by atoms with E-state index in [4.69, 9.17) is 24.8 Å². The highest BCUT2D eigenvalue weighted by molar-refractivity contribution is 5.87. The Balaban J connectivity index is 0.000000543. The number of likely N-dealkylation sites (N-methyl/N-ethyl adjacent to an activating group) is 1. The second-order valence-corrected chi connectivity index (χ2v) is 12.1. The molecule has 2 atom stereocenters. The third-order valence-corrected chi connectivity index (χ3v) is 8.46. The van der Waals surface area contributed by atoms with Crippen LogP contribution >= 0.6 is 0 Å². The number of Topliss-reactive ketones (excluding diaryl/α,β-unsaturated/α-hetero) is 1. The van der Waals surface area contributed by atoms with Gasteiger partial charge in [0, 0.05) is 38.0 Å². The monoisotopic (exact) mass is 730 g/mol. The molecule has 2 unspecified atom stereocenters. The molecule has 1 aromatic heterocycles. The van der Waals surface area contributed by atoms with E-state index in [0.29, 0.717) is 31.2 Å². The fraction of sp³-hybridized carbons (Fsp3) is 0.514. The Morgan fingerprint density at radius 2 is 1.51 bits per heavy atom. The van der Waals surface area contributed by atoms with Gasteiger partial charge in [-0.25, -0.2) is 14.6 Å². The summed E-state index contributed by atoms with van der Waals surface area (Å²) in [4.78, 5) is 50.2. The molecule has 2 heterocycles. The summed E-state index contributed by atoms with van der Waals surface area (Å²) in [6, 6.07) is 15.2. The Morgan fingerprint density at radius 3 is 2.08 bits per heavy atom. The molecule has 2 aromatic carbocycles. The maximum absolute atomic E-state index is 13.5. The van der Waals surface area contributed by atoms with E-state index in [0.717, 1.165) is 55.7 Å². The molecule has 0 aliphatic carbocycles. The molecule has 0 bridgehead atoms. The number of nitrogens with zero attached hydrogens (tertiary/aromatic N) is 3. The lowest BCUT2D eigenvalue weighted by molar-refractivity contribution is -0.193. The molecule has 1 amide bonds. The quantitative estimate of drug-likeness (QED) is 0.132. The number of carboxylic acid groups (broad SMARTS) is 2. The first kappa shape index (κ1) is 42.7. The summed E-state index contributed by atoms with van der Waals surface area (Å²) in [6.45, 7) is 3.69. The van der Waals surface area contributed by atoms with Crippen molar-refractivity contribution in [3.63, 3.8) is 0 Å². The van der Waals surface area contributed by atoms with Crippen LogP contribution in [0.2, 0.25) is 0 Å². The number of hydrogen-bond acceptors (Lipinski definition) is 6. The summed E-state index contributed by atoms with van der Waals surface area (Å²) in [5, 5.41) is 19.9. The van der Waals surface area contributed by atoms with Gasteiger partial charge in [-0.05, 0) is 56.1 Å². The molecule has 3 aromatic rings. The molecule has 51 heavy (non-hydrogen) atoms. The minimum Gasteiger partial charge on any atom is -0.475 e. The summed E-state index contributed by atoms with van der Waals surface area (Å²) in [5.41, 5.74) is 2.11. The summed E-state index contributed by atoms with van der Waals surface area (Å²) in [5.74, 6) is -4.64. The van der Waals surface area contributed by atoms with E-state index >= 15 is 0 Å². The number of rotatable bonds is 12. The molecule has 3 N–H and O–H groups in total. The van der Waals surface area contributed by atoms with Gasteiger partial charge in [-0.15, -0.1) is 0 Å². The Morgan fingerprint density at radius 1 is 0.902 bits per heavy atom. The molecule has 1 aliphatic rings. The smallest absolute Gasteiger partial charge is 0.475 e. The molecule has 1 aliphatic heterocycles. The number of aliphatic carboxylic acids is 2. The van der Waals surface area contributed by atoms with Crippen LogP contribution in [0.3, 0.4) is 0 Å². The zero-order valence-electron chi connectivity index (χ0n) is 28.7. The molecule has 1 fully saturated rings. The average Bonchev–Trinajstić information content (AvgIpc) is 3.45. The molecule has 10 nitrogen and oxygen atoms in total. The zero-order chi connectivity index (χ0) is 38.4. The molecule has 0 spiro atoms. The second-order valence-electron chi connectivity index (χ2n) is 12.1. The number of hydrogen-bond donors (Lipinski definition) is 3. The van der Waals surface area contributed by atoms with Crippen molar-refractivity contribution in [2.75, 3.05) is 20.1 Å². The lowest BCUT2D eigenvalue weighted by Crippen LogP contribution is -2.45. The number of unbranched alkanes of at least 4 members (excludes halogenated alkanes) is 2. The first-order valence-corrected chi connectivity index (χ1v) is 16.5. The van der Waals surface area contributed by atoms with E-state index in [-0.39, 0.29) is 11.8 Å². The van der Waals surface area contributed by atoms with Gasteiger partial charge in [0.15, 0.2) is 0 Å².